The van der Waals surface area contributed by atoms with Gasteiger partial charge in [-0.05, 0) is 57.6 Å². The summed E-state index contributed by atoms with van der Waals surface area (Å²) in [6.07, 6.45) is 5.46. The largest absolute Gasteiger partial charge is 0.504 e. The number of nitrogens with one attached hydrogen (secondary N) is 2. The first-order valence-corrected chi connectivity index (χ1v) is 19.1. The fraction of sp³-hybridized carbons (Fsp3) is 0.471. The van der Waals surface area contributed by atoms with Crippen molar-refractivity contribution < 1.29 is 49.5 Å². The number of phenols is 3. The predicted molar refractivity (Wildman–Crippen MR) is 200 cm³/mol. The highest BCUT2D eigenvalue weighted by Crippen LogP contribution is 2.45. The normalized spacial score (nSPS) is 21.0. The van der Waals surface area contributed by atoms with Crippen molar-refractivity contribution in [3.8, 4) is 17.2 Å². The highest BCUT2D eigenvalue weighted by atomic mass is 32.2. The first-order chi connectivity index (χ1) is 25.9. The second-order valence-electron chi connectivity index (χ2n) is 14.2. The molecule has 19 nitrogen and oxygen atoms in total. The standard InChI is InChI=1S/C34H40N8O11S2/c1-15-16(11-36-9-8-34(6-4-5-7-34)13-41-14-37-17-10-19(43)24(44)25(45)20(17)27(41)47)23(30(49)50)42-28(48)22(29(42)55-15)39-26(46)21(18-12-54-32(35)38-18)40-53-33(2,3)31(51)52/h10,12,14-15,22,29,36,43-45H,4-9,11,13H2,1-3H3,(H2,35,38)(H,39,46)(H,49,50)(H,51,52)/b40-21-/t15-,22+,29+/m0/s1. The van der Waals surface area contributed by atoms with Crippen LogP contribution in [-0.2, 0) is 30.6 Å². The molecule has 3 atom stereocenters. The van der Waals surface area contributed by atoms with Crippen molar-refractivity contribution in [2.24, 2.45) is 10.6 Å². The number of phenolic OH excluding ortho intramolecular Hbond substituents is 3. The van der Waals surface area contributed by atoms with E-state index in [0.29, 0.717) is 18.5 Å². The van der Waals surface area contributed by atoms with Crippen LogP contribution < -0.4 is 21.9 Å². The molecule has 4 heterocycles. The number of amides is 2. The van der Waals surface area contributed by atoms with Crippen LogP contribution in [0, 0.1) is 5.41 Å². The molecule has 1 saturated heterocycles. The van der Waals surface area contributed by atoms with Gasteiger partial charge < -0.3 is 46.7 Å². The Hall–Kier alpha value is -5.41. The van der Waals surface area contributed by atoms with Crippen LogP contribution in [0.2, 0.25) is 0 Å². The zero-order valence-electron chi connectivity index (χ0n) is 29.9. The molecule has 55 heavy (non-hydrogen) atoms. The molecule has 0 spiro atoms. The molecular weight excluding hydrogens is 761 g/mol. The summed E-state index contributed by atoms with van der Waals surface area (Å²) in [6, 6.07) is -0.0267. The van der Waals surface area contributed by atoms with E-state index in [0.717, 1.165) is 48.0 Å². The molecule has 2 fully saturated rings. The number of carbonyl (C=O) groups excluding carboxylic acids is 2. The molecule has 21 heteroatoms. The van der Waals surface area contributed by atoms with E-state index in [1.54, 1.807) is 6.92 Å². The number of thiazole rings is 1. The van der Waals surface area contributed by atoms with Crippen molar-refractivity contribution >= 4 is 68.6 Å². The minimum absolute atomic E-state index is 0.00456. The number of nitrogens with two attached hydrogens (primary N) is 1. The van der Waals surface area contributed by atoms with E-state index in [-0.39, 0.29) is 51.2 Å². The number of fused-ring (bicyclic) bond motifs is 2. The number of carboxylic acid groups (broad SMARTS) is 2. The summed E-state index contributed by atoms with van der Waals surface area (Å²) in [5.41, 5.74) is 2.97. The van der Waals surface area contributed by atoms with E-state index in [1.165, 1.54) is 41.9 Å². The average Bonchev–Trinajstić information content (AvgIpc) is 3.78. The number of hydrogen-bond donors (Lipinski definition) is 8. The quantitative estimate of drug-likeness (QED) is 0.0377. The number of anilines is 1. The van der Waals surface area contributed by atoms with E-state index in [2.05, 4.69) is 25.8 Å². The number of aromatic hydroxyl groups is 3. The molecule has 2 aliphatic heterocycles. The molecule has 2 aromatic heterocycles. The molecule has 1 aliphatic carbocycles. The van der Waals surface area contributed by atoms with Gasteiger partial charge in [0.1, 0.15) is 28.2 Å². The maximum atomic E-state index is 13.5. The third kappa shape index (κ3) is 7.50. The highest BCUT2D eigenvalue weighted by molar-refractivity contribution is 8.00. The Morgan fingerprint density at radius 1 is 1.15 bits per heavy atom. The Bertz CT molecular complexity index is 2190. The van der Waals surface area contributed by atoms with Crippen LogP contribution in [0.5, 0.6) is 17.2 Å². The van der Waals surface area contributed by atoms with Crippen LogP contribution in [0.15, 0.2) is 39.0 Å². The van der Waals surface area contributed by atoms with Crippen molar-refractivity contribution in [2.45, 2.75) is 81.7 Å². The first kappa shape index (κ1) is 39.3. The lowest BCUT2D eigenvalue weighted by Gasteiger charge is -2.51. The molecule has 3 aliphatic rings. The van der Waals surface area contributed by atoms with E-state index < -0.39 is 69.3 Å². The molecule has 6 rings (SSSR count). The Morgan fingerprint density at radius 3 is 2.49 bits per heavy atom. The van der Waals surface area contributed by atoms with Crippen molar-refractivity contribution in [2.75, 3.05) is 18.8 Å². The van der Waals surface area contributed by atoms with Crippen molar-refractivity contribution in [3.05, 3.63) is 45.1 Å². The number of hydrogen-bond acceptors (Lipinski definition) is 16. The molecule has 0 bridgehead atoms. The number of benzene rings is 1. The average molecular weight is 801 g/mol. The fourth-order valence-corrected chi connectivity index (χ4v) is 9.02. The number of thioether (sulfide) groups is 1. The van der Waals surface area contributed by atoms with Gasteiger partial charge in [0.25, 0.3) is 17.4 Å². The van der Waals surface area contributed by atoms with Gasteiger partial charge in [-0.15, -0.1) is 23.1 Å². The van der Waals surface area contributed by atoms with Gasteiger partial charge in [-0.2, -0.15) is 0 Å². The summed E-state index contributed by atoms with van der Waals surface area (Å²) >= 11 is 2.30. The van der Waals surface area contributed by atoms with Gasteiger partial charge in [0.15, 0.2) is 22.3 Å². The Kier molecular flexibility index (Phi) is 10.7. The third-order valence-electron chi connectivity index (χ3n) is 10.1. The van der Waals surface area contributed by atoms with Gasteiger partial charge in [0, 0.05) is 29.8 Å². The van der Waals surface area contributed by atoms with Gasteiger partial charge in [-0.3, -0.25) is 23.9 Å². The van der Waals surface area contributed by atoms with Gasteiger partial charge in [-0.1, -0.05) is 18.0 Å². The lowest BCUT2D eigenvalue weighted by atomic mass is 9.82. The Labute approximate surface area is 320 Å². The minimum atomic E-state index is -1.80. The second kappa shape index (κ2) is 15.0. The van der Waals surface area contributed by atoms with Crippen LogP contribution in [0.25, 0.3) is 10.9 Å². The zero-order valence-corrected chi connectivity index (χ0v) is 31.6. The number of nitrogen functional groups attached to an aromatic ring is 1. The monoisotopic (exact) mass is 800 g/mol. The predicted octanol–water partition coefficient (Wildman–Crippen LogP) is 1.50. The van der Waals surface area contributed by atoms with Gasteiger partial charge in [0.05, 0.1) is 11.8 Å². The molecular formula is C34H40N8O11S2. The van der Waals surface area contributed by atoms with Gasteiger partial charge in [-0.25, -0.2) is 19.6 Å². The Morgan fingerprint density at radius 2 is 1.85 bits per heavy atom. The third-order valence-corrected chi connectivity index (χ3v) is 12.3. The topological polar surface area (TPSA) is 292 Å². The first-order valence-electron chi connectivity index (χ1n) is 17.2. The van der Waals surface area contributed by atoms with Crippen LogP contribution in [-0.4, -0.2) is 110 Å². The lowest BCUT2D eigenvalue weighted by Crippen LogP contribution is -2.71. The van der Waals surface area contributed by atoms with Crippen molar-refractivity contribution in [1.29, 1.82) is 0 Å². The van der Waals surface area contributed by atoms with Crippen LogP contribution in [0.3, 0.4) is 0 Å². The summed E-state index contributed by atoms with van der Waals surface area (Å²) in [5, 5.41) is 59.8. The SMILES string of the molecule is C[C@@H]1S[C@@H]2[C@H](NC(=O)/C(=N\OC(C)(C)C(=O)O)c3csc(N)n3)C(=O)N2C(C(=O)O)=C1CNCCC1(Cn2cnc3cc(O)c(O)c(O)c3c2=O)CCCC1. The van der Waals surface area contributed by atoms with E-state index in [1.807, 2.05) is 0 Å². The number of carbonyl (C=O) groups is 4. The van der Waals surface area contributed by atoms with Gasteiger partial charge >= 0.3 is 11.9 Å². The zero-order chi connectivity index (χ0) is 40.0. The number of aromatic nitrogens is 3. The molecule has 3 aromatic rings. The van der Waals surface area contributed by atoms with Crippen molar-refractivity contribution in [3.63, 3.8) is 0 Å². The summed E-state index contributed by atoms with van der Waals surface area (Å²) in [4.78, 5) is 79.0. The molecule has 9 N–H and O–H groups in total. The van der Waals surface area contributed by atoms with E-state index in [4.69, 9.17) is 10.6 Å². The maximum absolute atomic E-state index is 13.5. The van der Waals surface area contributed by atoms with E-state index in [9.17, 15) is 49.5 Å². The van der Waals surface area contributed by atoms with E-state index >= 15 is 0 Å². The van der Waals surface area contributed by atoms with Crippen LogP contribution in [0.4, 0.5) is 5.13 Å². The maximum Gasteiger partial charge on any atom is 0.352 e. The summed E-state index contributed by atoms with van der Waals surface area (Å²) in [6.45, 7) is 5.15. The second-order valence-corrected chi connectivity index (χ2v) is 16.6. The highest BCUT2D eigenvalue weighted by Gasteiger charge is 2.56. The Balaban J connectivity index is 1.14. The summed E-state index contributed by atoms with van der Waals surface area (Å²) < 4.78 is 1.39. The smallest absolute Gasteiger partial charge is 0.352 e. The molecule has 2 amide bonds. The number of nitrogens with zero attached hydrogens (tertiary/aromatic N) is 5. The number of rotatable bonds is 14. The van der Waals surface area contributed by atoms with Crippen LogP contribution >= 0.6 is 23.1 Å². The molecule has 294 valence electrons. The molecule has 1 saturated carbocycles. The van der Waals surface area contributed by atoms with Gasteiger partial charge in [0.2, 0.25) is 11.4 Å². The number of carboxylic acids is 2. The summed E-state index contributed by atoms with van der Waals surface area (Å²) in [7, 11) is 0. The fourth-order valence-electron chi connectivity index (χ4n) is 7.02. The molecule has 0 unspecified atom stereocenters. The molecule has 1 aromatic carbocycles. The lowest BCUT2D eigenvalue weighted by molar-refractivity contribution is -0.161. The van der Waals surface area contributed by atoms with Crippen molar-refractivity contribution in [1.82, 2.24) is 30.1 Å². The summed E-state index contributed by atoms with van der Waals surface area (Å²) in [5.74, 6) is -6.35. The number of aliphatic carboxylic acids is 2. The number of oxime groups is 1. The molecule has 0 radical (unpaired) electrons. The minimum Gasteiger partial charge on any atom is -0.504 e. The number of β-lactam (4-membered cyclic amide) rings is 1. The van der Waals surface area contributed by atoms with Crippen LogP contribution in [0.1, 0.15) is 58.6 Å².